The number of benzene rings is 1. The summed E-state index contributed by atoms with van der Waals surface area (Å²) >= 11 is 0. The Balaban J connectivity index is 1.68. The van der Waals surface area contributed by atoms with Gasteiger partial charge in [0.1, 0.15) is 18.0 Å². The van der Waals surface area contributed by atoms with Crippen molar-refractivity contribution >= 4 is 29.4 Å². The molecule has 3 heterocycles. The van der Waals surface area contributed by atoms with E-state index in [1.807, 2.05) is 27.7 Å². The number of ether oxygens (including phenoxy) is 2. The lowest BCUT2D eigenvalue weighted by Gasteiger charge is -2.34. The first-order valence-electron chi connectivity index (χ1n) is 10.2. The van der Waals surface area contributed by atoms with Gasteiger partial charge in [-0.25, -0.2) is 14.3 Å². The van der Waals surface area contributed by atoms with Crippen LogP contribution in [0.25, 0.3) is 0 Å². The highest BCUT2D eigenvalue weighted by atomic mass is 16.5. The van der Waals surface area contributed by atoms with Crippen molar-refractivity contribution < 1.29 is 23.6 Å². The van der Waals surface area contributed by atoms with Crippen molar-refractivity contribution in [3.8, 4) is 11.5 Å². The molecule has 0 N–H and O–H groups in total. The Kier molecular flexibility index (Phi) is 5.13. The Morgan fingerprint density at radius 3 is 2.67 bits per heavy atom. The molecule has 0 spiro atoms. The molecule has 1 fully saturated rings. The molecule has 0 aromatic heterocycles. The van der Waals surface area contributed by atoms with E-state index in [9.17, 15) is 9.59 Å². The molecule has 160 valence electrons. The maximum absolute atomic E-state index is 13.3. The summed E-state index contributed by atoms with van der Waals surface area (Å²) < 4.78 is 12.8. The fourth-order valence-electron chi connectivity index (χ4n) is 4.09. The summed E-state index contributed by atoms with van der Waals surface area (Å²) in [5.41, 5.74) is 0.844. The van der Waals surface area contributed by atoms with Gasteiger partial charge in [-0.15, -0.1) is 0 Å². The van der Waals surface area contributed by atoms with E-state index in [1.54, 1.807) is 21.3 Å². The van der Waals surface area contributed by atoms with Crippen LogP contribution in [0.3, 0.4) is 0 Å². The molecule has 9 nitrogen and oxygen atoms in total. The quantitative estimate of drug-likeness (QED) is 0.661. The number of hydrogen-bond acceptors (Lipinski definition) is 6. The fourth-order valence-corrected chi connectivity index (χ4v) is 4.09. The number of hydrogen-bond donors (Lipinski definition) is 0. The minimum absolute atomic E-state index is 0.198. The van der Waals surface area contributed by atoms with E-state index in [-0.39, 0.29) is 11.9 Å². The smallest absolute Gasteiger partial charge is 0.397 e. The SMILES string of the molecule is COc1ccc(N2CC[N+]3=C2N=C2C3C(=O)N(CCC(C)C)C(=O)N2C)c(OC)c1. The third-order valence-electron chi connectivity index (χ3n) is 5.80. The molecule has 9 heteroatoms. The van der Waals surface area contributed by atoms with E-state index < -0.39 is 6.04 Å². The molecule has 0 bridgehead atoms. The number of likely N-dealkylation sites (N-methyl/N-ethyl adjacent to an activating group) is 1. The highest BCUT2D eigenvalue weighted by Crippen LogP contribution is 2.35. The van der Waals surface area contributed by atoms with Gasteiger partial charge < -0.3 is 9.47 Å². The normalized spacial score (nSPS) is 20.8. The Bertz CT molecular complexity index is 955. The second kappa shape index (κ2) is 7.62. The van der Waals surface area contributed by atoms with Gasteiger partial charge in [0, 0.05) is 19.7 Å². The number of nitrogens with zero attached hydrogens (tertiary/aromatic N) is 5. The summed E-state index contributed by atoms with van der Waals surface area (Å²) in [4.78, 5) is 35.7. The van der Waals surface area contributed by atoms with E-state index in [1.165, 1.54) is 9.80 Å². The van der Waals surface area contributed by atoms with Gasteiger partial charge in [-0.3, -0.25) is 14.6 Å². The van der Waals surface area contributed by atoms with Crippen LogP contribution >= 0.6 is 0 Å². The number of fused-ring (bicyclic) bond motifs is 2. The van der Waals surface area contributed by atoms with Crippen molar-refractivity contribution in [3.63, 3.8) is 0 Å². The molecule has 3 aliphatic heterocycles. The monoisotopic (exact) mass is 414 g/mol. The van der Waals surface area contributed by atoms with Gasteiger partial charge in [0.15, 0.2) is 5.75 Å². The van der Waals surface area contributed by atoms with Crippen LogP contribution in [-0.4, -0.2) is 85.1 Å². The molecule has 1 atom stereocenters. The van der Waals surface area contributed by atoms with Crippen LogP contribution in [0, 0.1) is 5.92 Å². The predicted molar refractivity (Wildman–Crippen MR) is 113 cm³/mol. The highest BCUT2D eigenvalue weighted by molar-refractivity contribution is 6.24. The van der Waals surface area contributed by atoms with E-state index in [4.69, 9.17) is 14.5 Å². The highest BCUT2D eigenvalue weighted by Gasteiger charge is 2.55. The van der Waals surface area contributed by atoms with Crippen LogP contribution in [0.5, 0.6) is 11.5 Å². The minimum atomic E-state index is -0.566. The minimum Gasteiger partial charge on any atom is -0.497 e. The van der Waals surface area contributed by atoms with Crippen molar-refractivity contribution in [2.45, 2.75) is 26.3 Å². The fraction of sp³-hybridized carbons (Fsp3) is 0.524. The molecule has 0 radical (unpaired) electrons. The van der Waals surface area contributed by atoms with Crippen LogP contribution < -0.4 is 14.4 Å². The molecule has 3 amide bonds. The topological polar surface area (TPSA) is 77.7 Å². The Hall–Kier alpha value is -3.10. The molecular formula is C21H28N5O4+. The standard InChI is InChI=1S/C21H28N5O4/c1-13(2)8-9-26-19(27)17-18(23(3)21(26)28)22-20-24(10-11-25(17)20)15-7-6-14(29-4)12-16(15)30-5/h6-7,12-13,17H,8-11H2,1-5H3/q+1. The van der Waals surface area contributed by atoms with Crippen LogP contribution in [0.1, 0.15) is 20.3 Å². The van der Waals surface area contributed by atoms with Crippen molar-refractivity contribution in [2.75, 3.05) is 45.8 Å². The molecular weight excluding hydrogens is 386 g/mol. The predicted octanol–water partition coefficient (Wildman–Crippen LogP) is 1.61. The molecule has 30 heavy (non-hydrogen) atoms. The number of amides is 3. The summed E-state index contributed by atoms with van der Waals surface area (Å²) in [6, 6.07) is 4.73. The molecule has 4 rings (SSSR count). The van der Waals surface area contributed by atoms with Crippen molar-refractivity contribution in [1.29, 1.82) is 0 Å². The van der Waals surface area contributed by atoms with E-state index in [0.29, 0.717) is 48.8 Å². The number of rotatable bonds is 6. The molecule has 1 unspecified atom stereocenters. The zero-order valence-corrected chi connectivity index (χ0v) is 18.1. The van der Waals surface area contributed by atoms with Crippen LogP contribution in [0.2, 0.25) is 0 Å². The van der Waals surface area contributed by atoms with Gasteiger partial charge in [0.25, 0.3) is 5.91 Å². The maximum Gasteiger partial charge on any atom is 0.397 e. The summed E-state index contributed by atoms with van der Waals surface area (Å²) in [5.74, 6) is 2.71. The number of aliphatic imine (C=N–C) groups is 1. The van der Waals surface area contributed by atoms with Gasteiger partial charge in [-0.05, 0) is 24.5 Å². The second-order valence-corrected chi connectivity index (χ2v) is 8.07. The number of carbonyl (C=O) groups excluding carboxylic acids is 2. The first-order chi connectivity index (χ1) is 14.4. The van der Waals surface area contributed by atoms with E-state index in [0.717, 1.165) is 12.1 Å². The van der Waals surface area contributed by atoms with Crippen molar-refractivity contribution in [2.24, 2.45) is 10.9 Å². The van der Waals surface area contributed by atoms with Gasteiger partial charge >= 0.3 is 12.0 Å². The molecule has 0 aliphatic carbocycles. The Morgan fingerprint density at radius 1 is 1.23 bits per heavy atom. The molecule has 1 aromatic carbocycles. The van der Waals surface area contributed by atoms with Gasteiger partial charge in [-0.1, -0.05) is 18.8 Å². The molecule has 3 aliphatic rings. The second-order valence-electron chi connectivity index (χ2n) is 8.07. The average molecular weight is 414 g/mol. The lowest BCUT2D eigenvalue weighted by Crippen LogP contribution is -2.62. The maximum atomic E-state index is 13.3. The van der Waals surface area contributed by atoms with Gasteiger partial charge in [0.2, 0.25) is 11.9 Å². The lowest BCUT2D eigenvalue weighted by molar-refractivity contribution is -0.525. The van der Waals surface area contributed by atoms with Crippen molar-refractivity contribution in [1.82, 2.24) is 9.80 Å². The Morgan fingerprint density at radius 2 is 2.00 bits per heavy atom. The van der Waals surface area contributed by atoms with Crippen LogP contribution in [-0.2, 0) is 4.79 Å². The summed E-state index contributed by atoms with van der Waals surface area (Å²) in [7, 11) is 4.90. The number of methoxy groups -OCH3 is 2. The van der Waals surface area contributed by atoms with Gasteiger partial charge in [-0.2, -0.15) is 0 Å². The zero-order chi connectivity index (χ0) is 21.6. The molecule has 0 saturated carbocycles. The zero-order valence-electron chi connectivity index (χ0n) is 18.1. The van der Waals surface area contributed by atoms with Crippen molar-refractivity contribution in [3.05, 3.63) is 18.2 Å². The first kappa shape index (κ1) is 20.2. The number of carbonyl (C=O) groups is 2. The molecule has 1 saturated heterocycles. The summed E-state index contributed by atoms with van der Waals surface area (Å²) in [6.45, 7) is 5.88. The van der Waals surface area contributed by atoms with Crippen LogP contribution in [0.4, 0.5) is 10.5 Å². The number of anilines is 1. The number of urea groups is 1. The van der Waals surface area contributed by atoms with E-state index >= 15 is 0 Å². The third kappa shape index (κ3) is 3.09. The average Bonchev–Trinajstić information content (AvgIpc) is 3.30. The van der Waals surface area contributed by atoms with Crippen LogP contribution in [0.15, 0.2) is 23.2 Å². The summed E-state index contributed by atoms with van der Waals surface area (Å²) in [5, 5.41) is 0. The van der Waals surface area contributed by atoms with Gasteiger partial charge in [0.05, 0.1) is 20.8 Å². The largest absolute Gasteiger partial charge is 0.497 e. The molecule has 1 aromatic rings. The lowest BCUT2D eigenvalue weighted by atomic mass is 10.1. The number of amidine groups is 1. The third-order valence-corrected chi connectivity index (χ3v) is 5.80. The van der Waals surface area contributed by atoms with E-state index in [2.05, 4.69) is 13.8 Å². The Labute approximate surface area is 176 Å². The summed E-state index contributed by atoms with van der Waals surface area (Å²) in [6.07, 6.45) is 0.774. The number of imide groups is 1. The first-order valence-corrected chi connectivity index (χ1v) is 10.2. The number of guanidine groups is 1.